The first-order chi connectivity index (χ1) is 14.5. The van der Waals surface area contributed by atoms with Crippen molar-refractivity contribution in [1.82, 2.24) is 10.2 Å². The molecule has 0 saturated carbocycles. The number of carbonyl (C=O) groups is 1. The molecule has 160 valence electrons. The number of hydrogen-bond donors (Lipinski definition) is 2. The summed E-state index contributed by atoms with van der Waals surface area (Å²) in [6.45, 7) is 4.64. The highest BCUT2D eigenvalue weighted by Crippen LogP contribution is 2.29. The van der Waals surface area contributed by atoms with Crippen molar-refractivity contribution in [2.45, 2.75) is 51.2 Å². The number of aliphatic hydroxyl groups is 1. The summed E-state index contributed by atoms with van der Waals surface area (Å²) >= 11 is 6.29. The fourth-order valence-corrected chi connectivity index (χ4v) is 5.00. The smallest absolute Gasteiger partial charge is 0.220 e. The molecular formula is C25H31ClN2O2. The topological polar surface area (TPSA) is 52.6 Å². The minimum absolute atomic E-state index is 0.0225. The molecule has 1 amide bonds. The summed E-state index contributed by atoms with van der Waals surface area (Å²) in [5.74, 6) is 0.357. The van der Waals surface area contributed by atoms with Crippen LogP contribution in [0.4, 0.5) is 0 Å². The molecule has 1 heterocycles. The third-order valence-electron chi connectivity index (χ3n) is 6.53. The van der Waals surface area contributed by atoms with Gasteiger partial charge in [-0.3, -0.25) is 4.79 Å². The van der Waals surface area contributed by atoms with Crippen LogP contribution in [0.25, 0.3) is 0 Å². The van der Waals surface area contributed by atoms with Gasteiger partial charge in [-0.05, 0) is 79.9 Å². The van der Waals surface area contributed by atoms with Gasteiger partial charge in [-0.15, -0.1) is 0 Å². The summed E-state index contributed by atoms with van der Waals surface area (Å²) < 4.78 is 0. The molecule has 0 spiro atoms. The highest BCUT2D eigenvalue weighted by atomic mass is 35.5. The van der Waals surface area contributed by atoms with Crippen molar-refractivity contribution in [3.63, 3.8) is 0 Å². The Kier molecular flexibility index (Phi) is 6.77. The van der Waals surface area contributed by atoms with E-state index in [1.807, 2.05) is 25.1 Å². The first-order valence-corrected chi connectivity index (χ1v) is 11.4. The lowest BCUT2D eigenvalue weighted by atomic mass is 9.98. The quantitative estimate of drug-likeness (QED) is 0.701. The average Bonchev–Trinajstić information content (AvgIpc) is 3.38. The molecule has 0 aromatic heterocycles. The van der Waals surface area contributed by atoms with E-state index in [-0.39, 0.29) is 11.9 Å². The number of rotatable bonds is 7. The summed E-state index contributed by atoms with van der Waals surface area (Å²) in [6, 6.07) is 13.8. The Morgan fingerprint density at radius 1 is 1.17 bits per heavy atom. The lowest BCUT2D eigenvalue weighted by molar-refractivity contribution is -0.123. The number of likely N-dealkylation sites (tertiary alicyclic amines) is 1. The van der Waals surface area contributed by atoms with Gasteiger partial charge in [0.05, 0.1) is 6.04 Å². The van der Waals surface area contributed by atoms with Crippen LogP contribution in [0.15, 0.2) is 42.5 Å². The maximum atomic E-state index is 12.9. The van der Waals surface area contributed by atoms with Gasteiger partial charge < -0.3 is 15.3 Å². The van der Waals surface area contributed by atoms with E-state index in [0.29, 0.717) is 23.9 Å². The first kappa shape index (κ1) is 21.4. The molecule has 0 bridgehead atoms. The molecule has 1 aliphatic carbocycles. The molecule has 2 aliphatic rings. The van der Waals surface area contributed by atoms with Crippen molar-refractivity contribution in [3.8, 4) is 0 Å². The maximum Gasteiger partial charge on any atom is 0.220 e. The Morgan fingerprint density at radius 2 is 1.83 bits per heavy atom. The number of benzene rings is 2. The second kappa shape index (κ2) is 9.51. The van der Waals surface area contributed by atoms with E-state index in [1.54, 1.807) is 0 Å². The van der Waals surface area contributed by atoms with Gasteiger partial charge in [0.25, 0.3) is 0 Å². The number of fused-ring (bicyclic) bond motifs is 1. The van der Waals surface area contributed by atoms with Crippen molar-refractivity contribution >= 4 is 17.5 Å². The van der Waals surface area contributed by atoms with Gasteiger partial charge in [0.1, 0.15) is 6.10 Å². The third-order valence-corrected chi connectivity index (χ3v) is 6.94. The number of nitrogens with one attached hydrogen (secondary N) is 1. The number of carbonyl (C=O) groups excluding carboxylic acids is 1. The van der Waals surface area contributed by atoms with Crippen LogP contribution >= 0.6 is 11.6 Å². The van der Waals surface area contributed by atoms with E-state index in [2.05, 4.69) is 34.5 Å². The van der Waals surface area contributed by atoms with Gasteiger partial charge in [-0.2, -0.15) is 0 Å². The van der Waals surface area contributed by atoms with Crippen LogP contribution in [0.5, 0.6) is 0 Å². The number of amides is 1. The molecule has 2 aromatic carbocycles. The Bertz CT molecular complexity index is 869. The van der Waals surface area contributed by atoms with Crippen LogP contribution in [0, 0.1) is 12.8 Å². The van der Waals surface area contributed by atoms with Gasteiger partial charge in [0, 0.05) is 18.0 Å². The monoisotopic (exact) mass is 426 g/mol. The highest BCUT2D eigenvalue weighted by molar-refractivity contribution is 6.31. The Morgan fingerprint density at radius 3 is 2.47 bits per heavy atom. The molecule has 5 heteroatoms. The molecule has 1 saturated heterocycles. The van der Waals surface area contributed by atoms with Crippen LogP contribution in [-0.2, 0) is 17.6 Å². The number of aliphatic hydroxyl groups excluding tert-OH is 1. The Balaban J connectivity index is 1.42. The fourth-order valence-electron chi connectivity index (χ4n) is 4.82. The van der Waals surface area contributed by atoms with E-state index in [4.69, 9.17) is 11.6 Å². The van der Waals surface area contributed by atoms with Crippen molar-refractivity contribution < 1.29 is 9.90 Å². The van der Waals surface area contributed by atoms with E-state index in [9.17, 15) is 9.90 Å². The van der Waals surface area contributed by atoms with Crippen LogP contribution in [0.3, 0.4) is 0 Å². The van der Waals surface area contributed by atoms with Crippen LogP contribution in [0.2, 0.25) is 5.02 Å². The lowest BCUT2D eigenvalue weighted by Crippen LogP contribution is -2.47. The molecule has 0 radical (unpaired) electrons. The molecule has 1 aliphatic heterocycles. The molecular weight excluding hydrogens is 396 g/mol. The zero-order valence-corrected chi connectivity index (χ0v) is 18.4. The predicted octanol–water partition coefficient (Wildman–Crippen LogP) is 4.07. The third kappa shape index (κ3) is 5.05. The van der Waals surface area contributed by atoms with Crippen LogP contribution in [-0.4, -0.2) is 41.6 Å². The number of nitrogens with zero attached hydrogens (tertiary/aromatic N) is 1. The van der Waals surface area contributed by atoms with Crippen LogP contribution in [0.1, 0.15) is 47.6 Å². The van der Waals surface area contributed by atoms with Gasteiger partial charge >= 0.3 is 0 Å². The number of halogens is 1. The minimum Gasteiger partial charge on any atom is -0.386 e. The summed E-state index contributed by atoms with van der Waals surface area (Å²) in [5.41, 5.74) is 4.45. The van der Waals surface area contributed by atoms with E-state index in [1.165, 1.54) is 24.0 Å². The normalized spacial score (nSPS) is 18.9. The standard InChI is InChI=1S/C25H31ClN2O2/c1-17-8-9-21(15-22(17)26)25(30)23(16-28-10-4-5-11-28)27-24(29)14-18-12-19-6-2-3-7-20(19)13-18/h2-3,6-9,15,18,23,25,30H,4-5,10-14,16H2,1H3,(H,27,29)/t23-,25-/m1/s1. The second-order valence-corrected chi connectivity index (χ2v) is 9.29. The molecule has 2 atom stereocenters. The zero-order chi connectivity index (χ0) is 21.1. The molecule has 0 unspecified atom stereocenters. The molecule has 2 aromatic rings. The average molecular weight is 427 g/mol. The van der Waals surface area contributed by atoms with E-state index < -0.39 is 6.10 Å². The SMILES string of the molecule is Cc1ccc([C@@H](O)[C@@H](CN2CCCC2)NC(=O)CC2Cc3ccccc3C2)cc1Cl. The molecule has 1 fully saturated rings. The van der Waals surface area contributed by atoms with Crippen molar-refractivity contribution in [2.24, 2.45) is 5.92 Å². The maximum absolute atomic E-state index is 12.9. The van der Waals surface area contributed by atoms with E-state index in [0.717, 1.165) is 37.1 Å². The van der Waals surface area contributed by atoms with Gasteiger partial charge in [0.15, 0.2) is 0 Å². The molecule has 4 rings (SSSR count). The highest BCUT2D eigenvalue weighted by Gasteiger charge is 2.29. The Hall–Kier alpha value is -1.88. The largest absolute Gasteiger partial charge is 0.386 e. The second-order valence-electron chi connectivity index (χ2n) is 8.88. The fraction of sp³-hybridized carbons (Fsp3) is 0.480. The minimum atomic E-state index is -0.784. The van der Waals surface area contributed by atoms with E-state index >= 15 is 0 Å². The molecule has 30 heavy (non-hydrogen) atoms. The summed E-state index contributed by atoms with van der Waals surface area (Å²) in [4.78, 5) is 15.3. The number of hydrogen-bond acceptors (Lipinski definition) is 3. The van der Waals surface area contributed by atoms with Crippen LogP contribution < -0.4 is 5.32 Å². The lowest BCUT2D eigenvalue weighted by Gasteiger charge is -2.29. The van der Waals surface area contributed by atoms with Gasteiger partial charge in [-0.1, -0.05) is 48.0 Å². The van der Waals surface area contributed by atoms with Crippen molar-refractivity contribution in [1.29, 1.82) is 0 Å². The first-order valence-electron chi connectivity index (χ1n) is 11.0. The number of aryl methyl sites for hydroxylation is 1. The summed E-state index contributed by atoms with van der Waals surface area (Å²) in [5, 5.41) is 14.9. The van der Waals surface area contributed by atoms with Crippen molar-refractivity contribution in [3.05, 3.63) is 69.7 Å². The molecule has 4 nitrogen and oxygen atoms in total. The summed E-state index contributed by atoms with van der Waals surface area (Å²) in [6.07, 6.45) is 3.97. The van der Waals surface area contributed by atoms with Gasteiger partial charge in [-0.25, -0.2) is 0 Å². The van der Waals surface area contributed by atoms with Crippen molar-refractivity contribution in [2.75, 3.05) is 19.6 Å². The zero-order valence-electron chi connectivity index (χ0n) is 17.6. The predicted molar refractivity (Wildman–Crippen MR) is 121 cm³/mol. The summed E-state index contributed by atoms with van der Waals surface area (Å²) in [7, 11) is 0. The Labute approximate surface area is 184 Å². The van der Waals surface area contributed by atoms with Gasteiger partial charge in [0.2, 0.25) is 5.91 Å². The molecule has 2 N–H and O–H groups in total.